The van der Waals surface area contributed by atoms with E-state index in [4.69, 9.17) is 48.5 Å². The number of hydrogen-bond acceptors (Lipinski definition) is 19. The highest BCUT2D eigenvalue weighted by Gasteiger charge is 2.55. The minimum absolute atomic E-state index is 0.0214. The van der Waals surface area contributed by atoms with Crippen molar-refractivity contribution >= 4 is 59.7 Å². The summed E-state index contributed by atoms with van der Waals surface area (Å²) in [6.45, 7) is 66.2. The number of fused-ring (bicyclic) bond motifs is 5. The quantitative estimate of drug-likeness (QED) is 0.0188. The van der Waals surface area contributed by atoms with E-state index in [0.29, 0.717) is 56.5 Å². The Balaban J connectivity index is -0.000000650. The first-order chi connectivity index (χ1) is 56.7. The fourth-order valence-corrected chi connectivity index (χ4v) is 10.9. The van der Waals surface area contributed by atoms with E-state index in [1.54, 1.807) is 75.3 Å². The average molecular weight is 1740 g/mol. The van der Waals surface area contributed by atoms with E-state index in [1.807, 2.05) is 90.0 Å². The van der Waals surface area contributed by atoms with E-state index in [1.165, 1.54) is 82.8 Å². The Labute approximate surface area is 743 Å². The number of benzene rings is 2. The van der Waals surface area contributed by atoms with Gasteiger partial charge in [0.25, 0.3) is 0 Å². The van der Waals surface area contributed by atoms with Gasteiger partial charge in [0.2, 0.25) is 0 Å². The topological polar surface area (TPSA) is 336 Å². The van der Waals surface area contributed by atoms with Gasteiger partial charge in [-0.1, -0.05) is 182 Å². The highest BCUT2D eigenvalue weighted by atomic mass is 16.6. The van der Waals surface area contributed by atoms with Gasteiger partial charge in [0.1, 0.15) is 57.5 Å². The number of carbonyl (C=O) groups is 10. The number of rotatable bonds is 34. The molecule has 0 amide bonds. The SMILES string of the molecule is C=C(C)C(=O)OCC(O)COC(=O)C(C)(C)CC.C=C(C)C(=O)OCC(O)COC(=O)C(C)(C)CC.C=CCOC(=O)C(C)(C)CC.CCC(C)(C)C(=O)O.CCC(C)(C)C(=O)O.CCC(C)(C)C(=O)O.CCC(C)(C)C(=O)OC1CC2CC1C1CCCC21.CCC(C)(C)C(=O)OC1CCCCC1.CCC(C)c1ccccc1.CCC(C)c1ccccc1. The molecule has 9 atom stereocenters. The van der Waals surface area contributed by atoms with Gasteiger partial charge < -0.3 is 58.7 Å². The van der Waals surface area contributed by atoms with Gasteiger partial charge in [0.05, 0.1) is 43.3 Å². The van der Waals surface area contributed by atoms with Crippen molar-refractivity contribution in [1.82, 2.24) is 0 Å². The first-order valence-corrected chi connectivity index (χ1v) is 45.1. The smallest absolute Gasteiger partial charge is 0.333 e. The number of aliphatic hydroxyl groups excluding tert-OH is 2. The predicted octanol–water partition coefficient (Wildman–Crippen LogP) is 23.1. The summed E-state index contributed by atoms with van der Waals surface area (Å²) >= 11 is 0. The van der Waals surface area contributed by atoms with Crippen LogP contribution in [0.5, 0.6) is 0 Å². The maximum atomic E-state index is 12.2. The summed E-state index contributed by atoms with van der Waals surface area (Å²) in [7, 11) is 0. The molecule has 4 aliphatic carbocycles. The zero-order chi connectivity index (χ0) is 96.3. The Morgan fingerprint density at radius 2 is 0.675 bits per heavy atom. The van der Waals surface area contributed by atoms with Crippen molar-refractivity contribution in [1.29, 1.82) is 0 Å². The highest BCUT2D eigenvalue weighted by molar-refractivity contribution is 5.87. The van der Waals surface area contributed by atoms with Crippen LogP contribution >= 0.6 is 0 Å². The molecule has 0 radical (unpaired) electrons. The Kier molecular flexibility index (Phi) is 60.1. The summed E-state index contributed by atoms with van der Waals surface area (Å²) in [5.41, 5.74) is -0.341. The third-order valence-corrected chi connectivity index (χ3v) is 24.6. The lowest BCUT2D eigenvalue weighted by Gasteiger charge is -2.33. The molecule has 22 nitrogen and oxygen atoms in total. The van der Waals surface area contributed by atoms with Crippen molar-refractivity contribution < 1.29 is 107 Å². The zero-order valence-electron chi connectivity index (χ0n) is 82.1. The van der Waals surface area contributed by atoms with Crippen LogP contribution < -0.4 is 0 Å². The van der Waals surface area contributed by atoms with Gasteiger partial charge in [-0.05, 0) is 287 Å². The lowest BCUT2D eigenvalue weighted by atomic mass is 9.80. The largest absolute Gasteiger partial charge is 0.481 e. The molecule has 0 spiro atoms. The number of carboxylic acid groups (broad SMARTS) is 3. The standard InChI is InChI=1S/C16H26O2.2C13H22O5.C12H22O2.2C10H14.C9H16O2.3C6H12O2/c1-4-16(2,3)15(17)18-14-9-10-8-13(14)12-7-5-6-11(10)12;2*1-6-13(4,5)12(16)18-8-10(14)7-17-11(15)9(2)3;1-4-12(2,3)11(13)14-10-8-6-5-7-9-10;2*1-3-9(2)10-7-5-4-6-8-10;1-5-7-11-8(10)9(3,4)6-2;3*1-4-6(2,3)5(7)8/h10-14H,4-9H2,1-3H3;2*10,14H,2,6-8H2,1,3-5H3;10H,4-9H2,1-3H3;2*4-9H,3H2,1-2H3;5H,1,6-7H2,2-4H3;3*4H2,1-3H3,(H,7,8). The summed E-state index contributed by atoms with van der Waals surface area (Å²) in [4.78, 5) is 111. The Hall–Kier alpha value is -7.72. The molecule has 2 aromatic carbocycles. The van der Waals surface area contributed by atoms with Gasteiger partial charge in [0.15, 0.2) is 0 Å². The molecule has 2 aromatic rings. The fourth-order valence-electron chi connectivity index (χ4n) is 10.9. The summed E-state index contributed by atoms with van der Waals surface area (Å²) in [6.07, 6.45) is 20.8. The lowest BCUT2D eigenvalue weighted by Crippen LogP contribution is -2.36. The van der Waals surface area contributed by atoms with E-state index in [2.05, 4.69) is 115 Å². The van der Waals surface area contributed by atoms with Gasteiger partial charge in [-0.15, -0.1) is 0 Å². The van der Waals surface area contributed by atoms with E-state index in [-0.39, 0.29) is 95.9 Å². The predicted molar refractivity (Wildman–Crippen MR) is 492 cm³/mol. The van der Waals surface area contributed by atoms with Crippen molar-refractivity contribution in [2.75, 3.05) is 33.0 Å². The van der Waals surface area contributed by atoms with Crippen LogP contribution in [0.2, 0.25) is 0 Å². The molecule has 4 saturated carbocycles. The third kappa shape index (κ3) is 49.7. The number of aliphatic hydroxyl groups is 2. The fraction of sp³-hybridized carbons (Fsp3) is 0.723. The molecule has 0 aliphatic heterocycles. The van der Waals surface area contributed by atoms with Crippen molar-refractivity contribution in [3.63, 3.8) is 0 Å². The molecule has 708 valence electrons. The van der Waals surface area contributed by atoms with Crippen molar-refractivity contribution in [2.45, 2.75) is 372 Å². The maximum Gasteiger partial charge on any atom is 0.333 e. The van der Waals surface area contributed by atoms with Crippen LogP contribution in [0.3, 0.4) is 0 Å². The highest BCUT2D eigenvalue weighted by Crippen LogP contribution is 2.59. The maximum absolute atomic E-state index is 12.2. The van der Waals surface area contributed by atoms with Crippen molar-refractivity contribution in [2.24, 2.45) is 67.0 Å². The number of carboxylic acids is 3. The van der Waals surface area contributed by atoms with Gasteiger partial charge in [-0.3, -0.25) is 38.4 Å². The van der Waals surface area contributed by atoms with Crippen molar-refractivity contribution in [3.05, 3.63) is 109 Å². The second kappa shape index (κ2) is 60.8. The van der Waals surface area contributed by atoms with Crippen LogP contribution in [0.15, 0.2) is 97.6 Å². The second-order valence-corrected chi connectivity index (χ2v) is 38.2. The number of hydrogen-bond donors (Lipinski definition) is 5. The lowest BCUT2D eigenvalue weighted by molar-refractivity contribution is -0.164. The van der Waals surface area contributed by atoms with Crippen molar-refractivity contribution in [3.8, 4) is 0 Å². The average Bonchev–Trinajstić information content (AvgIpc) is 1.59. The molecule has 2 bridgehead atoms. The first-order valence-electron chi connectivity index (χ1n) is 45.1. The van der Waals surface area contributed by atoms with E-state index in [9.17, 15) is 58.2 Å². The Morgan fingerprint density at radius 3 is 0.959 bits per heavy atom. The first kappa shape index (κ1) is 122. The van der Waals surface area contributed by atoms with Crippen LogP contribution in [-0.4, -0.2) is 143 Å². The van der Waals surface area contributed by atoms with Gasteiger partial charge in [0, 0.05) is 11.1 Å². The molecular formula is C101H172O22. The van der Waals surface area contributed by atoms with Gasteiger partial charge in [-0.25, -0.2) is 9.59 Å². The zero-order valence-corrected chi connectivity index (χ0v) is 82.1. The van der Waals surface area contributed by atoms with Crippen LogP contribution in [0.4, 0.5) is 0 Å². The summed E-state index contributed by atoms with van der Waals surface area (Å²) in [5.74, 6) is 0.611. The minimum atomic E-state index is -1.02. The number of esters is 7. The molecule has 22 heteroatoms. The molecule has 4 aliphatic rings. The molecular weight excluding hydrogens is 1570 g/mol. The van der Waals surface area contributed by atoms with Gasteiger partial charge in [-0.2, -0.15) is 0 Å². The van der Waals surface area contributed by atoms with Crippen LogP contribution in [0.25, 0.3) is 0 Å². The molecule has 123 heavy (non-hydrogen) atoms. The number of aliphatic carboxylic acids is 3. The van der Waals surface area contributed by atoms with E-state index >= 15 is 0 Å². The van der Waals surface area contributed by atoms with Crippen LogP contribution in [-0.2, 0) is 81.1 Å². The Morgan fingerprint density at radius 1 is 0.382 bits per heavy atom. The molecule has 4 fully saturated rings. The Bertz CT molecular complexity index is 3240. The number of carbonyl (C=O) groups excluding carboxylic acids is 7. The molecule has 0 aromatic heterocycles. The van der Waals surface area contributed by atoms with E-state index < -0.39 is 69.1 Å². The minimum Gasteiger partial charge on any atom is -0.481 e. The van der Waals surface area contributed by atoms with Crippen LogP contribution in [0, 0.1) is 67.0 Å². The monoisotopic (exact) mass is 1740 g/mol. The summed E-state index contributed by atoms with van der Waals surface area (Å²) < 4.78 is 35.6. The third-order valence-electron chi connectivity index (χ3n) is 24.6. The summed E-state index contributed by atoms with van der Waals surface area (Å²) in [6, 6.07) is 21.3. The summed E-state index contributed by atoms with van der Waals surface area (Å²) in [5, 5.41) is 44.3. The molecule has 0 saturated heterocycles. The second-order valence-electron chi connectivity index (χ2n) is 38.2. The number of ether oxygens (including phenoxy) is 7. The van der Waals surface area contributed by atoms with Crippen LogP contribution in [0.1, 0.15) is 359 Å². The molecule has 0 heterocycles. The molecule has 5 N–H and O–H groups in total. The van der Waals surface area contributed by atoms with Gasteiger partial charge >= 0.3 is 59.7 Å². The molecule has 6 rings (SSSR count). The van der Waals surface area contributed by atoms with E-state index in [0.717, 1.165) is 56.3 Å². The molecule has 9 unspecified atom stereocenters. The normalized spacial score (nSPS) is 17.4.